The van der Waals surface area contributed by atoms with Gasteiger partial charge in [0, 0.05) is 9.58 Å². The molecule has 0 unspecified atom stereocenters. The Morgan fingerprint density at radius 3 is 2.85 bits per heavy atom. The molecule has 66 valence electrons. The first kappa shape index (κ1) is 8.97. The topological polar surface area (TPSA) is 0 Å². The van der Waals surface area contributed by atoms with Gasteiger partial charge in [0.25, 0.3) is 0 Å². The molecule has 2 aromatic rings. The van der Waals surface area contributed by atoms with Gasteiger partial charge in [-0.3, -0.25) is 0 Å². The van der Waals surface area contributed by atoms with Gasteiger partial charge in [0.2, 0.25) is 0 Å². The van der Waals surface area contributed by atoms with Crippen molar-refractivity contribution in [2.75, 3.05) is 0 Å². The Morgan fingerprint density at radius 2 is 2.15 bits per heavy atom. The van der Waals surface area contributed by atoms with Gasteiger partial charge in [0.05, 0.1) is 0 Å². The summed E-state index contributed by atoms with van der Waals surface area (Å²) in [6.45, 7) is 2.05. The number of halogens is 1. The molecule has 2 rings (SSSR count). The molecule has 0 radical (unpaired) electrons. The van der Waals surface area contributed by atoms with Crippen molar-refractivity contribution in [1.29, 1.82) is 0 Å². The van der Waals surface area contributed by atoms with Crippen molar-refractivity contribution in [3.8, 4) is 0 Å². The summed E-state index contributed by atoms with van der Waals surface area (Å²) < 4.78 is 2.52. The lowest BCUT2D eigenvalue weighted by Gasteiger charge is -1.83. The van der Waals surface area contributed by atoms with Crippen molar-refractivity contribution in [2.45, 2.75) is 6.92 Å². The highest BCUT2D eigenvalue weighted by Gasteiger charge is 1.97. The lowest BCUT2D eigenvalue weighted by molar-refractivity contribution is 1.75. The molecule has 13 heavy (non-hydrogen) atoms. The monoisotopic (exact) mass is 252 g/mol. The standard InChI is InChI=1S/C11H9BrS/c1-8(12)6-10-7-9-4-2-3-5-11(9)13-10/h2-7H,1H3. The van der Waals surface area contributed by atoms with E-state index in [4.69, 9.17) is 0 Å². The largest absolute Gasteiger partial charge is 0.136 e. The highest BCUT2D eigenvalue weighted by atomic mass is 79.9. The second-order valence-electron chi connectivity index (χ2n) is 2.92. The molecule has 0 atom stereocenters. The molecule has 1 aromatic heterocycles. The molecular weight excluding hydrogens is 244 g/mol. The Kier molecular flexibility index (Phi) is 2.51. The number of fused-ring (bicyclic) bond motifs is 1. The summed E-state index contributed by atoms with van der Waals surface area (Å²) >= 11 is 5.26. The van der Waals surface area contributed by atoms with Crippen LogP contribution in [0.25, 0.3) is 16.2 Å². The number of benzene rings is 1. The number of hydrogen-bond donors (Lipinski definition) is 0. The van der Waals surface area contributed by atoms with E-state index >= 15 is 0 Å². The van der Waals surface area contributed by atoms with Crippen LogP contribution >= 0.6 is 27.3 Å². The first-order valence-corrected chi connectivity index (χ1v) is 5.69. The average Bonchev–Trinajstić information content (AvgIpc) is 2.44. The zero-order chi connectivity index (χ0) is 9.26. The van der Waals surface area contributed by atoms with Crippen LogP contribution in [0.15, 0.2) is 34.8 Å². The lowest BCUT2D eigenvalue weighted by Crippen LogP contribution is -1.58. The van der Waals surface area contributed by atoms with E-state index in [0.29, 0.717) is 0 Å². The van der Waals surface area contributed by atoms with E-state index in [2.05, 4.69) is 52.3 Å². The maximum Gasteiger partial charge on any atom is 0.0349 e. The summed E-state index contributed by atoms with van der Waals surface area (Å²) in [5.41, 5.74) is 0. The maximum atomic E-state index is 3.44. The molecule has 0 aliphatic carbocycles. The van der Waals surface area contributed by atoms with Gasteiger partial charge < -0.3 is 0 Å². The van der Waals surface area contributed by atoms with Crippen molar-refractivity contribution in [1.82, 2.24) is 0 Å². The fraction of sp³-hybridized carbons (Fsp3) is 0.0909. The first-order chi connectivity index (χ1) is 6.25. The van der Waals surface area contributed by atoms with Crippen LogP contribution in [0.4, 0.5) is 0 Å². The van der Waals surface area contributed by atoms with Crippen LogP contribution < -0.4 is 0 Å². The third-order valence-corrected chi connectivity index (χ3v) is 3.08. The van der Waals surface area contributed by atoms with Crippen LogP contribution in [0.2, 0.25) is 0 Å². The van der Waals surface area contributed by atoms with Gasteiger partial charge in [-0.05, 0) is 35.0 Å². The van der Waals surface area contributed by atoms with Crippen LogP contribution in [0, 0.1) is 0 Å². The highest BCUT2D eigenvalue weighted by molar-refractivity contribution is 9.11. The minimum Gasteiger partial charge on any atom is -0.136 e. The van der Waals surface area contributed by atoms with E-state index in [1.807, 2.05) is 18.3 Å². The van der Waals surface area contributed by atoms with Crippen LogP contribution in [0.3, 0.4) is 0 Å². The summed E-state index contributed by atoms with van der Waals surface area (Å²) in [5.74, 6) is 0. The molecule has 0 nitrogen and oxygen atoms in total. The molecule has 1 aromatic carbocycles. The Balaban J connectivity index is 2.56. The van der Waals surface area contributed by atoms with Gasteiger partial charge >= 0.3 is 0 Å². The number of allylic oxidation sites excluding steroid dienone is 1. The molecule has 0 bridgehead atoms. The summed E-state index contributed by atoms with van der Waals surface area (Å²) in [4.78, 5) is 1.30. The molecule has 0 saturated carbocycles. The molecule has 0 aliphatic heterocycles. The minimum absolute atomic E-state index is 1.17. The molecule has 0 amide bonds. The fourth-order valence-corrected chi connectivity index (χ4v) is 2.73. The molecule has 0 saturated heterocycles. The second-order valence-corrected chi connectivity index (χ2v) is 5.28. The summed E-state index contributed by atoms with van der Waals surface area (Å²) in [5, 5.41) is 1.33. The Labute approximate surface area is 90.0 Å². The highest BCUT2D eigenvalue weighted by Crippen LogP contribution is 2.27. The number of hydrogen-bond acceptors (Lipinski definition) is 1. The van der Waals surface area contributed by atoms with Gasteiger partial charge in [0.15, 0.2) is 0 Å². The number of thiophene rings is 1. The summed E-state index contributed by atoms with van der Waals surface area (Å²) in [7, 11) is 0. The quantitative estimate of drug-likeness (QED) is 0.693. The zero-order valence-electron chi connectivity index (χ0n) is 7.25. The predicted molar refractivity (Wildman–Crippen MR) is 64.4 cm³/mol. The van der Waals surface area contributed by atoms with E-state index in [9.17, 15) is 0 Å². The van der Waals surface area contributed by atoms with Gasteiger partial charge in [0.1, 0.15) is 0 Å². The molecule has 2 heteroatoms. The minimum atomic E-state index is 1.17. The normalized spacial score (nSPS) is 12.3. The third-order valence-electron chi connectivity index (χ3n) is 1.79. The van der Waals surface area contributed by atoms with E-state index < -0.39 is 0 Å². The summed E-state index contributed by atoms with van der Waals surface area (Å²) in [6.07, 6.45) is 2.14. The maximum absolute atomic E-state index is 3.44. The summed E-state index contributed by atoms with van der Waals surface area (Å²) in [6, 6.07) is 10.7. The molecule has 0 aliphatic rings. The van der Waals surface area contributed by atoms with Gasteiger partial charge in [-0.25, -0.2) is 0 Å². The molecule has 0 N–H and O–H groups in total. The smallest absolute Gasteiger partial charge is 0.0349 e. The van der Waals surface area contributed by atoms with Crippen LogP contribution in [-0.2, 0) is 0 Å². The van der Waals surface area contributed by atoms with Crippen molar-refractivity contribution >= 4 is 43.4 Å². The lowest BCUT2D eigenvalue weighted by atomic mass is 10.2. The van der Waals surface area contributed by atoms with Crippen molar-refractivity contribution in [2.24, 2.45) is 0 Å². The Hall–Kier alpha value is -0.600. The van der Waals surface area contributed by atoms with E-state index in [1.165, 1.54) is 19.4 Å². The third kappa shape index (κ3) is 2.01. The van der Waals surface area contributed by atoms with Crippen molar-refractivity contribution < 1.29 is 0 Å². The SMILES string of the molecule is CC(Br)=Cc1cc2ccccc2s1. The van der Waals surface area contributed by atoms with Crippen LogP contribution in [0.1, 0.15) is 11.8 Å². The average molecular weight is 253 g/mol. The second kappa shape index (κ2) is 3.64. The molecule has 0 fully saturated rings. The Bertz CT molecular complexity index is 417. The zero-order valence-corrected chi connectivity index (χ0v) is 9.65. The van der Waals surface area contributed by atoms with Gasteiger partial charge in [-0.1, -0.05) is 34.1 Å². The van der Waals surface area contributed by atoms with E-state index in [0.717, 1.165) is 0 Å². The van der Waals surface area contributed by atoms with Crippen LogP contribution in [0.5, 0.6) is 0 Å². The molecule has 1 heterocycles. The van der Waals surface area contributed by atoms with Crippen molar-refractivity contribution in [3.05, 3.63) is 39.7 Å². The van der Waals surface area contributed by atoms with Gasteiger partial charge in [-0.2, -0.15) is 0 Å². The first-order valence-electron chi connectivity index (χ1n) is 4.08. The predicted octanol–water partition coefficient (Wildman–Crippen LogP) is 4.66. The van der Waals surface area contributed by atoms with Crippen molar-refractivity contribution in [3.63, 3.8) is 0 Å². The van der Waals surface area contributed by atoms with E-state index in [1.54, 1.807) is 0 Å². The number of rotatable bonds is 1. The fourth-order valence-electron chi connectivity index (χ4n) is 1.27. The Morgan fingerprint density at radius 1 is 1.38 bits per heavy atom. The molecular formula is C11H9BrS. The van der Waals surface area contributed by atoms with Gasteiger partial charge in [-0.15, -0.1) is 11.3 Å². The van der Waals surface area contributed by atoms with E-state index in [-0.39, 0.29) is 0 Å². The molecule has 0 spiro atoms. The van der Waals surface area contributed by atoms with Crippen LogP contribution in [-0.4, -0.2) is 0 Å².